The number of hydrogen-bond donors (Lipinski definition) is 1. The molecule has 0 saturated carbocycles. The minimum Gasteiger partial charge on any atom is -0.497 e. The second kappa shape index (κ2) is 9.73. The normalized spacial score (nSPS) is 11.1. The molecule has 2 aromatic carbocycles. The van der Waals surface area contributed by atoms with E-state index in [2.05, 4.69) is 10.3 Å². The predicted molar refractivity (Wildman–Crippen MR) is 116 cm³/mol. The van der Waals surface area contributed by atoms with Crippen molar-refractivity contribution in [2.45, 2.75) is 24.8 Å². The van der Waals surface area contributed by atoms with Crippen molar-refractivity contribution in [2.24, 2.45) is 0 Å². The van der Waals surface area contributed by atoms with Crippen molar-refractivity contribution in [3.05, 3.63) is 65.2 Å². The summed E-state index contributed by atoms with van der Waals surface area (Å²) in [6, 6.07) is 14.0. The summed E-state index contributed by atoms with van der Waals surface area (Å²) < 4.78 is 34.9. The van der Waals surface area contributed by atoms with Crippen LogP contribution in [-0.4, -0.2) is 32.2 Å². The van der Waals surface area contributed by atoms with Gasteiger partial charge in [-0.15, -0.1) is 11.3 Å². The van der Waals surface area contributed by atoms with E-state index < -0.39 is 15.8 Å². The summed E-state index contributed by atoms with van der Waals surface area (Å²) in [5.74, 6) is -0.115. The van der Waals surface area contributed by atoms with E-state index in [0.717, 1.165) is 17.0 Å². The van der Waals surface area contributed by atoms with Gasteiger partial charge in [0.1, 0.15) is 12.4 Å². The van der Waals surface area contributed by atoms with E-state index in [-0.39, 0.29) is 23.7 Å². The van der Waals surface area contributed by atoms with Gasteiger partial charge >= 0.3 is 5.97 Å². The van der Waals surface area contributed by atoms with Crippen LogP contribution in [0, 0.1) is 6.92 Å². The maximum Gasteiger partial charge on any atom is 0.307 e. The lowest BCUT2D eigenvalue weighted by molar-refractivity contribution is -0.144. The molecule has 0 fully saturated rings. The number of ether oxygens (including phenoxy) is 2. The standard InChI is InChI=1S/C21H22N2O5S2/c1-15-3-9-19(10-4-15)30(25,26)12-11-20(24)28-13-17-14-29-21(23-17)22-16-5-7-18(27-2)8-6-16/h3-10,14H,11-13H2,1-2H3,(H,22,23). The maximum atomic E-state index is 12.3. The number of aryl methyl sites for hydroxylation is 1. The van der Waals surface area contributed by atoms with Crippen LogP contribution in [0.1, 0.15) is 17.7 Å². The van der Waals surface area contributed by atoms with Gasteiger partial charge in [0.15, 0.2) is 15.0 Å². The number of methoxy groups -OCH3 is 1. The molecule has 0 radical (unpaired) electrons. The number of thiazole rings is 1. The van der Waals surface area contributed by atoms with Crippen molar-refractivity contribution in [3.63, 3.8) is 0 Å². The van der Waals surface area contributed by atoms with Crippen LogP contribution in [0.15, 0.2) is 58.8 Å². The van der Waals surface area contributed by atoms with E-state index in [4.69, 9.17) is 9.47 Å². The van der Waals surface area contributed by atoms with Gasteiger partial charge in [0.25, 0.3) is 0 Å². The van der Waals surface area contributed by atoms with Crippen molar-refractivity contribution >= 4 is 38.0 Å². The molecular formula is C21H22N2O5S2. The van der Waals surface area contributed by atoms with Crippen LogP contribution in [0.25, 0.3) is 0 Å². The van der Waals surface area contributed by atoms with Gasteiger partial charge in [0.2, 0.25) is 0 Å². The van der Waals surface area contributed by atoms with Gasteiger partial charge in [-0.25, -0.2) is 13.4 Å². The summed E-state index contributed by atoms with van der Waals surface area (Å²) in [7, 11) is -1.92. The molecule has 0 unspecified atom stereocenters. The Morgan fingerprint density at radius 3 is 2.47 bits per heavy atom. The van der Waals surface area contributed by atoms with E-state index >= 15 is 0 Å². The van der Waals surface area contributed by atoms with Crippen LogP contribution >= 0.6 is 11.3 Å². The number of nitrogens with one attached hydrogen (secondary N) is 1. The molecule has 9 heteroatoms. The van der Waals surface area contributed by atoms with E-state index in [1.807, 2.05) is 31.2 Å². The number of anilines is 2. The van der Waals surface area contributed by atoms with Crippen LogP contribution in [-0.2, 0) is 26.0 Å². The third-order valence-electron chi connectivity index (χ3n) is 4.23. The molecule has 0 amide bonds. The second-order valence-electron chi connectivity index (χ2n) is 6.54. The zero-order valence-corrected chi connectivity index (χ0v) is 18.3. The van der Waals surface area contributed by atoms with Crippen LogP contribution in [0.3, 0.4) is 0 Å². The van der Waals surface area contributed by atoms with E-state index in [9.17, 15) is 13.2 Å². The molecular weight excluding hydrogens is 424 g/mol. The predicted octanol–water partition coefficient (Wildman–Crippen LogP) is 4.11. The van der Waals surface area contributed by atoms with Gasteiger partial charge in [-0.2, -0.15) is 0 Å². The van der Waals surface area contributed by atoms with Crippen LogP contribution < -0.4 is 10.1 Å². The summed E-state index contributed by atoms with van der Waals surface area (Å²) in [5.41, 5.74) is 2.42. The molecule has 3 aromatic rings. The molecule has 7 nitrogen and oxygen atoms in total. The molecule has 1 N–H and O–H groups in total. The molecule has 0 atom stereocenters. The average Bonchev–Trinajstić information content (AvgIpc) is 3.19. The summed E-state index contributed by atoms with van der Waals surface area (Å²) >= 11 is 1.38. The monoisotopic (exact) mass is 446 g/mol. The number of hydrogen-bond acceptors (Lipinski definition) is 8. The zero-order valence-electron chi connectivity index (χ0n) is 16.6. The number of carbonyl (C=O) groups excluding carboxylic acids is 1. The number of nitrogens with zero attached hydrogens (tertiary/aromatic N) is 1. The number of benzene rings is 2. The Bertz CT molecular complexity index is 1090. The Kier molecular flexibility index (Phi) is 7.07. The first-order valence-corrected chi connectivity index (χ1v) is 11.7. The number of sulfone groups is 1. The van der Waals surface area contributed by atoms with Crippen molar-refractivity contribution < 1.29 is 22.7 Å². The quantitative estimate of drug-likeness (QED) is 0.494. The minimum atomic E-state index is -3.52. The highest BCUT2D eigenvalue weighted by atomic mass is 32.2. The fourth-order valence-electron chi connectivity index (χ4n) is 2.54. The summed E-state index contributed by atoms with van der Waals surface area (Å²) in [6.07, 6.45) is -0.211. The number of esters is 1. The van der Waals surface area contributed by atoms with Gasteiger partial charge in [0.05, 0.1) is 29.9 Å². The fraction of sp³-hybridized carbons (Fsp3) is 0.238. The first-order chi connectivity index (χ1) is 14.4. The lowest BCUT2D eigenvalue weighted by Gasteiger charge is -2.06. The molecule has 0 aliphatic heterocycles. The molecule has 0 saturated heterocycles. The lowest BCUT2D eigenvalue weighted by atomic mass is 10.2. The van der Waals surface area contributed by atoms with Crippen LogP contribution in [0.5, 0.6) is 5.75 Å². The largest absolute Gasteiger partial charge is 0.497 e. The topological polar surface area (TPSA) is 94.6 Å². The highest BCUT2D eigenvalue weighted by Crippen LogP contribution is 2.23. The zero-order chi connectivity index (χ0) is 21.6. The Labute approximate surface area is 179 Å². The Morgan fingerprint density at radius 1 is 1.10 bits per heavy atom. The number of rotatable bonds is 9. The highest BCUT2D eigenvalue weighted by molar-refractivity contribution is 7.91. The Morgan fingerprint density at radius 2 is 1.80 bits per heavy atom. The van der Waals surface area contributed by atoms with E-state index in [1.54, 1.807) is 36.8 Å². The lowest BCUT2D eigenvalue weighted by Crippen LogP contribution is -2.13. The molecule has 0 aliphatic carbocycles. The van der Waals surface area contributed by atoms with Crippen molar-refractivity contribution in [1.29, 1.82) is 0 Å². The van der Waals surface area contributed by atoms with E-state index in [0.29, 0.717) is 10.8 Å². The van der Waals surface area contributed by atoms with Gasteiger partial charge < -0.3 is 14.8 Å². The van der Waals surface area contributed by atoms with Gasteiger partial charge in [-0.05, 0) is 43.3 Å². The highest BCUT2D eigenvalue weighted by Gasteiger charge is 2.17. The number of aromatic nitrogens is 1. The summed E-state index contributed by atoms with van der Waals surface area (Å²) in [6.45, 7) is 1.87. The fourth-order valence-corrected chi connectivity index (χ4v) is 4.47. The smallest absolute Gasteiger partial charge is 0.307 e. The molecule has 30 heavy (non-hydrogen) atoms. The Hall–Kier alpha value is -2.91. The SMILES string of the molecule is COc1ccc(Nc2nc(COC(=O)CCS(=O)(=O)c3ccc(C)cc3)cs2)cc1. The van der Waals surface area contributed by atoms with Crippen LogP contribution in [0.2, 0.25) is 0 Å². The summed E-state index contributed by atoms with van der Waals surface area (Å²) in [5, 5.41) is 5.60. The third kappa shape index (κ3) is 6.04. The maximum absolute atomic E-state index is 12.3. The molecule has 0 spiro atoms. The van der Waals surface area contributed by atoms with Crippen molar-refractivity contribution in [3.8, 4) is 5.75 Å². The molecule has 1 heterocycles. The molecule has 3 rings (SSSR count). The van der Waals surface area contributed by atoms with Gasteiger partial charge in [-0.1, -0.05) is 17.7 Å². The van der Waals surface area contributed by atoms with E-state index in [1.165, 1.54) is 11.3 Å². The Balaban J connectivity index is 1.47. The first kappa shape index (κ1) is 21.8. The molecule has 158 valence electrons. The number of carbonyl (C=O) groups is 1. The second-order valence-corrected chi connectivity index (χ2v) is 9.51. The minimum absolute atomic E-state index is 0.00972. The van der Waals surface area contributed by atoms with Gasteiger partial charge in [-0.3, -0.25) is 4.79 Å². The molecule has 0 aliphatic rings. The average molecular weight is 447 g/mol. The molecule has 0 bridgehead atoms. The van der Waals surface area contributed by atoms with Gasteiger partial charge in [0, 0.05) is 11.1 Å². The molecule has 1 aromatic heterocycles. The first-order valence-electron chi connectivity index (χ1n) is 9.16. The third-order valence-corrected chi connectivity index (χ3v) is 6.77. The van der Waals surface area contributed by atoms with Crippen molar-refractivity contribution in [1.82, 2.24) is 4.98 Å². The van der Waals surface area contributed by atoms with Crippen LogP contribution in [0.4, 0.5) is 10.8 Å². The van der Waals surface area contributed by atoms with Crippen molar-refractivity contribution in [2.75, 3.05) is 18.2 Å². The summed E-state index contributed by atoms with van der Waals surface area (Å²) in [4.78, 5) is 16.5.